The van der Waals surface area contributed by atoms with Gasteiger partial charge in [-0.05, 0) is 25.5 Å². The van der Waals surface area contributed by atoms with Gasteiger partial charge in [-0.1, -0.05) is 0 Å². The van der Waals surface area contributed by atoms with Gasteiger partial charge in [0.2, 0.25) is 0 Å². The van der Waals surface area contributed by atoms with Crippen molar-refractivity contribution in [1.29, 1.82) is 0 Å². The summed E-state index contributed by atoms with van der Waals surface area (Å²) in [5, 5.41) is 0. The first-order chi connectivity index (χ1) is 4.83. The van der Waals surface area contributed by atoms with E-state index in [2.05, 4.69) is 11.2 Å². The minimum absolute atomic E-state index is 0.668. The molecule has 53 valence electrons. The van der Waals surface area contributed by atoms with E-state index in [0.717, 1.165) is 11.3 Å². The Morgan fingerprint density at radius 2 is 2.50 bits per heavy atom. The van der Waals surface area contributed by atoms with Gasteiger partial charge >= 0.3 is 0 Å². The van der Waals surface area contributed by atoms with Gasteiger partial charge in [0.15, 0.2) is 0 Å². The molecule has 10 heavy (non-hydrogen) atoms. The zero-order chi connectivity index (χ0) is 7.40. The van der Waals surface area contributed by atoms with Crippen LogP contribution in [0.5, 0.6) is 5.75 Å². The molecule has 1 radical (unpaired) electrons. The third-order valence-electron chi connectivity index (χ3n) is 1.10. The Bertz CT molecular complexity index is 210. The van der Waals surface area contributed by atoms with Crippen LogP contribution in [0.1, 0.15) is 12.5 Å². The molecule has 2 nitrogen and oxygen atoms in total. The predicted molar refractivity (Wildman–Crippen MR) is 39.0 cm³/mol. The van der Waals surface area contributed by atoms with E-state index in [0.29, 0.717) is 6.61 Å². The first kappa shape index (κ1) is 7.06. The normalized spacial score (nSPS) is 9.40. The molecule has 0 saturated heterocycles. The molecule has 0 aliphatic rings. The highest BCUT2D eigenvalue weighted by atomic mass is 16.5. The van der Waals surface area contributed by atoms with Crippen molar-refractivity contribution in [3.63, 3.8) is 0 Å². The van der Waals surface area contributed by atoms with Crippen LogP contribution in [0.15, 0.2) is 12.3 Å². The summed E-state index contributed by atoms with van der Waals surface area (Å²) < 4.78 is 5.17. The highest BCUT2D eigenvalue weighted by Crippen LogP contribution is 2.08. The first-order valence-electron chi connectivity index (χ1n) is 3.30. The molecule has 0 unspecified atom stereocenters. The number of pyridine rings is 1. The number of nitrogens with zero attached hydrogens (tertiary/aromatic N) is 1. The summed E-state index contributed by atoms with van der Waals surface area (Å²) in [5.74, 6) is 0.725. The van der Waals surface area contributed by atoms with E-state index in [4.69, 9.17) is 4.74 Å². The fourth-order valence-electron chi connectivity index (χ4n) is 0.703. The van der Waals surface area contributed by atoms with Gasteiger partial charge in [0.25, 0.3) is 0 Å². The molecule has 2 heteroatoms. The van der Waals surface area contributed by atoms with Crippen LogP contribution >= 0.6 is 0 Å². The summed E-state index contributed by atoms with van der Waals surface area (Å²) in [4.78, 5) is 3.85. The van der Waals surface area contributed by atoms with Gasteiger partial charge in [-0.15, -0.1) is 0 Å². The Morgan fingerprint density at radius 1 is 1.70 bits per heavy atom. The molecule has 1 rings (SSSR count). The van der Waals surface area contributed by atoms with Gasteiger partial charge < -0.3 is 4.74 Å². The average Bonchev–Trinajstić information content (AvgIpc) is 1.88. The van der Waals surface area contributed by atoms with Crippen molar-refractivity contribution in [3.05, 3.63) is 24.0 Å². The van der Waals surface area contributed by atoms with Crippen molar-refractivity contribution in [3.8, 4) is 5.75 Å². The summed E-state index contributed by atoms with van der Waals surface area (Å²) in [6, 6.07) is 1.91. The maximum atomic E-state index is 5.17. The van der Waals surface area contributed by atoms with Gasteiger partial charge in [0.05, 0.1) is 6.61 Å². The van der Waals surface area contributed by atoms with Gasteiger partial charge in [-0.25, -0.2) is 0 Å². The molecular weight excluding hydrogens is 126 g/mol. The molecule has 0 saturated carbocycles. The molecule has 0 aliphatic carbocycles. The van der Waals surface area contributed by atoms with Gasteiger partial charge in [-0.3, -0.25) is 4.98 Å². The Kier molecular flexibility index (Phi) is 2.26. The van der Waals surface area contributed by atoms with E-state index >= 15 is 0 Å². The van der Waals surface area contributed by atoms with Gasteiger partial charge in [0, 0.05) is 6.20 Å². The smallest absolute Gasteiger partial charge is 0.147 e. The highest BCUT2D eigenvalue weighted by molar-refractivity contribution is 5.20. The molecule has 0 bridgehead atoms. The molecule has 1 aromatic heterocycles. The van der Waals surface area contributed by atoms with Crippen molar-refractivity contribution in [1.82, 2.24) is 4.98 Å². The minimum Gasteiger partial charge on any atom is -0.492 e. The second-order valence-corrected chi connectivity index (χ2v) is 2.06. The minimum atomic E-state index is 0.668. The molecule has 0 N–H and O–H groups in total. The lowest BCUT2D eigenvalue weighted by molar-refractivity contribution is 0.338. The fourth-order valence-corrected chi connectivity index (χ4v) is 0.703. The van der Waals surface area contributed by atoms with Crippen molar-refractivity contribution in [2.75, 3.05) is 6.61 Å². The summed E-state index contributed by atoms with van der Waals surface area (Å²) in [6.07, 6.45) is 4.49. The molecule has 0 aliphatic heterocycles. The zero-order valence-electron chi connectivity index (χ0n) is 6.22. The van der Waals surface area contributed by atoms with E-state index < -0.39 is 0 Å². The lowest BCUT2D eigenvalue weighted by atomic mass is 10.3. The predicted octanol–water partition coefficient (Wildman–Crippen LogP) is 1.59. The number of hydrogen-bond donors (Lipinski definition) is 0. The molecule has 1 heterocycles. The van der Waals surface area contributed by atoms with Crippen LogP contribution in [0.2, 0.25) is 0 Å². The molecule has 0 fully saturated rings. The second kappa shape index (κ2) is 3.20. The summed E-state index contributed by atoms with van der Waals surface area (Å²) in [7, 11) is 0. The van der Waals surface area contributed by atoms with Crippen LogP contribution in [-0.4, -0.2) is 11.6 Å². The molecular formula is C8H10NO. The Morgan fingerprint density at radius 3 is 3.10 bits per heavy atom. The van der Waals surface area contributed by atoms with Crippen LogP contribution in [0, 0.1) is 13.1 Å². The first-order valence-corrected chi connectivity index (χ1v) is 3.30. The lowest BCUT2D eigenvalue weighted by Crippen LogP contribution is -1.92. The quantitative estimate of drug-likeness (QED) is 0.616. The third kappa shape index (κ3) is 1.72. The van der Waals surface area contributed by atoms with E-state index in [9.17, 15) is 0 Å². The second-order valence-electron chi connectivity index (χ2n) is 2.06. The van der Waals surface area contributed by atoms with Crippen LogP contribution in [0.3, 0.4) is 0 Å². The van der Waals surface area contributed by atoms with Crippen LogP contribution in [-0.2, 0) is 0 Å². The number of aryl methyl sites for hydroxylation is 1. The van der Waals surface area contributed by atoms with Crippen molar-refractivity contribution in [2.45, 2.75) is 13.8 Å². The third-order valence-corrected chi connectivity index (χ3v) is 1.10. The molecule has 0 spiro atoms. The molecule has 0 aromatic carbocycles. The Labute approximate surface area is 60.9 Å². The molecule has 0 atom stereocenters. The number of aromatic nitrogens is 1. The summed E-state index contributed by atoms with van der Waals surface area (Å²) in [5.41, 5.74) is 1.10. The zero-order valence-corrected chi connectivity index (χ0v) is 6.22. The summed E-state index contributed by atoms with van der Waals surface area (Å²) in [6.45, 7) is 4.58. The number of rotatable bonds is 2. The van der Waals surface area contributed by atoms with Gasteiger partial charge in [0.1, 0.15) is 11.9 Å². The van der Waals surface area contributed by atoms with E-state index in [1.165, 1.54) is 0 Å². The van der Waals surface area contributed by atoms with Crippen molar-refractivity contribution in [2.24, 2.45) is 0 Å². The average molecular weight is 136 g/mol. The maximum absolute atomic E-state index is 5.17. The Hall–Kier alpha value is -1.05. The van der Waals surface area contributed by atoms with Crippen LogP contribution in [0.4, 0.5) is 0 Å². The maximum Gasteiger partial charge on any atom is 0.147 e. The van der Waals surface area contributed by atoms with E-state index in [1.54, 1.807) is 6.20 Å². The van der Waals surface area contributed by atoms with E-state index in [1.807, 2.05) is 19.9 Å². The molecule has 1 aromatic rings. The largest absolute Gasteiger partial charge is 0.492 e. The number of ether oxygens (including phenoxy) is 1. The highest BCUT2D eigenvalue weighted by Gasteiger charge is 1.91. The van der Waals surface area contributed by atoms with Gasteiger partial charge in [-0.2, -0.15) is 0 Å². The van der Waals surface area contributed by atoms with Crippen LogP contribution < -0.4 is 4.74 Å². The van der Waals surface area contributed by atoms with Crippen LogP contribution in [0.25, 0.3) is 0 Å². The lowest BCUT2D eigenvalue weighted by Gasteiger charge is -2.00. The SMILES string of the molecule is CCOc1[c]ncc(C)c1. The fraction of sp³-hybridized carbons (Fsp3) is 0.375. The van der Waals surface area contributed by atoms with E-state index in [-0.39, 0.29) is 0 Å². The van der Waals surface area contributed by atoms with Crippen molar-refractivity contribution < 1.29 is 4.74 Å². The Balaban J connectivity index is 2.75. The molecule has 0 amide bonds. The summed E-state index contributed by atoms with van der Waals surface area (Å²) >= 11 is 0. The standard InChI is InChI=1S/C8H10NO/c1-3-10-8-4-7(2)5-9-6-8/h4-5H,3H2,1-2H3. The van der Waals surface area contributed by atoms with Crippen molar-refractivity contribution >= 4 is 0 Å². The number of hydrogen-bond acceptors (Lipinski definition) is 2. The topological polar surface area (TPSA) is 22.1 Å². The monoisotopic (exact) mass is 136 g/mol.